The van der Waals surface area contributed by atoms with Crippen molar-refractivity contribution in [3.63, 3.8) is 0 Å². The van der Waals surface area contributed by atoms with Gasteiger partial charge in [-0.2, -0.15) is 0 Å². The van der Waals surface area contributed by atoms with E-state index in [9.17, 15) is 14.4 Å². The van der Waals surface area contributed by atoms with Gasteiger partial charge in [0.15, 0.2) is 0 Å². The molecule has 3 rings (SSSR count). The summed E-state index contributed by atoms with van der Waals surface area (Å²) in [6.07, 6.45) is 0.608. The smallest absolute Gasteiger partial charge is 0.229 e. The molecule has 3 amide bonds. The lowest BCUT2D eigenvalue weighted by molar-refractivity contribution is -0.138. The van der Waals surface area contributed by atoms with E-state index in [0.29, 0.717) is 5.69 Å². The SMILES string of the molecule is Cc1ccc(Sc2ccc(NC(=O)CCN3C(=O)CCC3=O)cc2)cc1C. The number of nitrogens with one attached hydrogen (secondary N) is 1. The summed E-state index contributed by atoms with van der Waals surface area (Å²) >= 11 is 1.67. The molecule has 2 aromatic carbocycles. The van der Waals surface area contributed by atoms with Crippen LogP contribution in [0.15, 0.2) is 52.3 Å². The number of nitrogens with zero attached hydrogens (tertiary/aromatic N) is 1. The number of hydrogen-bond acceptors (Lipinski definition) is 4. The van der Waals surface area contributed by atoms with Crippen molar-refractivity contribution in [2.75, 3.05) is 11.9 Å². The van der Waals surface area contributed by atoms with E-state index in [1.54, 1.807) is 11.8 Å². The van der Waals surface area contributed by atoms with Crippen molar-refractivity contribution in [1.82, 2.24) is 4.90 Å². The van der Waals surface area contributed by atoms with E-state index in [4.69, 9.17) is 0 Å². The predicted molar refractivity (Wildman–Crippen MR) is 106 cm³/mol. The van der Waals surface area contributed by atoms with Gasteiger partial charge in [0.1, 0.15) is 0 Å². The van der Waals surface area contributed by atoms with Gasteiger partial charge in [0.05, 0.1) is 0 Å². The maximum Gasteiger partial charge on any atom is 0.229 e. The van der Waals surface area contributed by atoms with E-state index in [-0.39, 0.29) is 43.5 Å². The Hall–Kier alpha value is -2.60. The Kier molecular flexibility index (Phi) is 5.96. The standard InChI is InChI=1S/C21H22N2O3S/c1-14-3-6-18(13-15(14)2)27-17-7-4-16(5-8-17)22-19(24)11-12-23-20(25)9-10-21(23)26/h3-8,13H,9-12H2,1-2H3,(H,22,24). The summed E-state index contributed by atoms with van der Waals surface area (Å²) < 4.78 is 0. The molecule has 1 N–H and O–H groups in total. The third-order valence-electron chi connectivity index (χ3n) is 4.57. The van der Waals surface area contributed by atoms with Crippen molar-refractivity contribution < 1.29 is 14.4 Å². The number of likely N-dealkylation sites (tertiary alicyclic amines) is 1. The third kappa shape index (κ3) is 4.98. The largest absolute Gasteiger partial charge is 0.326 e. The van der Waals surface area contributed by atoms with E-state index in [2.05, 4.69) is 37.4 Å². The molecule has 0 spiro atoms. The predicted octanol–water partition coefficient (Wildman–Crippen LogP) is 3.93. The van der Waals surface area contributed by atoms with Crippen LogP contribution in [0.4, 0.5) is 5.69 Å². The average Bonchev–Trinajstić information content (AvgIpc) is 2.96. The number of benzene rings is 2. The first kappa shape index (κ1) is 19.2. The summed E-state index contributed by atoms with van der Waals surface area (Å²) in [6, 6.07) is 14.0. The highest BCUT2D eigenvalue weighted by molar-refractivity contribution is 7.99. The molecule has 0 saturated carbocycles. The highest BCUT2D eigenvalue weighted by Gasteiger charge is 2.28. The second kappa shape index (κ2) is 8.39. The summed E-state index contributed by atoms with van der Waals surface area (Å²) in [6.45, 7) is 4.34. The molecular weight excluding hydrogens is 360 g/mol. The summed E-state index contributed by atoms with van der Waals surface area (Å²) in [5.41, 5.74) is 3.23. The maximum atomic E-state index is 12.1. The topological polar surface area (TPSA) is 66.5 Å². The lowest BCUT2D eigenvalue weighted by Crippen LogP contribution is -2.32. The molecule has 0 atom stereocenters. The molecule has 1 aliphatic heterocycles. The van der Waals surface area contributed by atoms with E-state index in [1.165, 1.54) is 20.9 Å². The van der Waals surface area contributed by atoms with Gasteiger partial charge in [-0.1, -0.05) is 17.8 Å². The molecule has 1 saturated heterocycles. The van der Waals surface area contributed by atoms with Gasteiger partial charge >= 0.3 is 0 Å². The van der Waals surface area contributed by atoms with Crippen LogP contribution < -0.4 is 5.32 Å². The van der Waals surface area contributed by atoms with Gasteiger partial charge in [0.2, 0.25) is 17.7 Å². The van der Waals surface area contributed by atoms with E-state index in [1.807, 2.05) is 24.3 Å². The highest BCUT2D eigenvalue weighted by Crippen LogP contribution is 2.29. The van der Waals surface area contributed by atoms with Gasteiger partial charge in [0.25, 0.3) is 0 Å². The number of amides is 3. The van der Waals surface area contributed by atoms with Crippen molar-refractivity contribution in [3.05, 3.63) is 53.6 Å². The molecule has 6 heteroatoms. The Morgan fingerprint density at radius 3 is 2.22 bits per heavy atom. The highest BCUT2D eigenvalue weighted by atomic mass is 32.2. The van der Waals surface area contributed by atoms with Gasteiger partial charge in [0, 0.05) is 41.3 Å². The monoisotopic (exact) mass is 382 g/mol. The van der Waals surface area contributed by atoms with Gasteiger partial charge in [-0.3, -0.25) is 19.3 Å². The lowest BCUT2D eigenvalue weighted by Gasteiger charge is -2.13. The van der Waals surface area contributed by atoms with E-state index in [0.717, 1.165) is 4.90 Å². The van der Waals surface area contributed by atoms with Crippen LogP contribution in [-0.2, 0) is 14.4 Å². The van der Waals surface area contributed by atoms with Gasteiger partial charge < -0.3 is 5.32 Å². The van der Waals surface area contributed by atoms with E-state index >= 15 is 0 Å². The average molecular weight is 382 g/mol. The summed E-state index contributed by atoms with van der Waals surface area (Å²) in [7, 11) is 0. The van der Waals surface area contributed by atoms with Crippen LogP contribution in [0.3, 0.4) is 0 Å². The van der Waals surface area contributed by atoms with Crippen LogP contribution in [0.2, 0.25) is 0 Å². The maximum absolute atomic E-state index is 12.1. The molecule has 0 aromatic heterocycles. The molecule has 0 unspecified atom stereocenters. The fraction of sp³-hybridized carbons (Fsp3) is 0.286. The molecule has 0 bridgehead atoms. The van der Waals surface area contributed by atoms with Crippen LogP contribution in [0.1, 0.15) is 30.4 Å². The molecule has 1 heterocycles. The first-order valence-corrected chi connectivity index (χ1v) is 9.72. The molecule has 1 fully saturated rings. The van der Waals surface area contributed by atoms with Gasteiger partial charge in [-0.25, -0.2) is 0 Å². The number of imide groups is 1. The quantitative estimate of drug-likeness (QED) is 0.769. The van der Waals surface area contributed by atoms with Crippen LogP contribution in [0.5, 0.6) is 0 Å². The minimum absolute atomic E-state index is 0.108. The number of anilines is 1. The molecular formula is C21H22N2O3S. The van der Waals surface area contributed by atoms with Crippen LogP contribution in [0, 0.1) is 13.8 Å². The van der Waals surface area contributed by atoms with Crippen molar-refractivity contribution in [1.29, 1.82) is 0 Å². The number of rotatable bonds is 6. The van der Waals surface area contributed by atoms with Crippen molar-refractivity contribution >= 4 is 35.2 Å². The third-order valence-corrected chi connectivity index (χ3v) is 5.57. The Labute approximate surface area is 163 Å². The molecule has 2 aromatic rings. The van der Waals surface area contributed by atoms with E-state index < -0.39 is 0 Å². The van der Waals surface area contributed by atoms with Crippen LogP contribution in [0.25, 0.3) is 0 Å². The Morgan fingerprint density at radius 1 is 0.963 bits per heavy atom. The Morgan fingerprint density at radius 2 is 1.59 bits per heavy atom. The Balaban J connectivity index is 1.52. The number of aryl methyl sites for hydroxylation is 2. The number of carbonyl (C=O) groups excluding carboxylic acids is 3. The zero-order chi connectivity index (χ0) is 19.4. The first-order valence-electron chi connectivity index (χ1n) is 8.90. The normalized spacial score (nSPS) is 13.9. The molecule has 27 heavy (non-hydrogen) atoms. The molecule has 0 aliphatic carbocycles. The molecule has 140 valence electrons. The zero-order valence-corrected chi connectivity index (χ0v) is 16.3. The minimum Gasteiger partial charge on any atom is -0.326 e. The summed E-state index contributed by atoms with van der Waals surface area (Å²) in [4.78, 5) is 38.6. The zero-order valence-electron chi connectivity index (χ0n) is 15.5. The minimum atomic E-state index is -0.211. The molecule has 0 radical (unpaired) electrons. The second-order valence-electron chi connectivity index (χ2n) is 6.61. The summed E-state index contributed by atoms with van der Waals surface area (Å²) in [5, 5.41) is 2.81. The van der Waals surface area contributed by atoms with Gasteiger partial charge in [-0.15, -0.1) is 0 Å². The lowest BCUT2D eigenvalue weighted by atomic mass is 10.1. The molecule has 1 aliphatic rings. The number of hydrogen-bond donors (Lipinski definition) is 1. The van der Waals surface area contributed by atoms with Crippen molar-refractivity contribution in [2.45, 2.75) is 42.9 Å². The summed E-state index contributed by atoms with van der Waals surface area (Å²) in [5.74, 6) is -0.599. The molecule has 5 nitrogen and oxygen atoms in total. The van der Waals surface area contributed by atoms with Crippen molar-refractivity contribution in [2.24, 2.45) is 0 Å². The first-order chi connectivity index (χ1) is 12.9. The fourth-order valence-corrected chi connectivity index (χ4v) is 3.75. The van der Waals surface area contributed by atoms with Crippen molar-refractivity contribution in [3.8, 4) is 0 Å². The van der Waals surface area contributed by atoms with Crippen LogP contribution >= 0.6 is 11.8 Å². The second-order valence-corrected chi connectivity index (χ2v) is 7.76. The fourth-order valence-electron chi connectivity index (χ4n) is 2.83. The Bertz CT molecular complexity index is 861. The van der Waals surface area contributed by atoms with Gasteiger partial charge in [-0.05, 0) is 61.4 Å². The van der Waals surface area contributed by atoms with Crippen LogP contribution in [-0.4, -0.2) is 29.2 Å². The number of carbonyl (C=O) groups is 3.